The Morgan fingerprint density at radius 2 is 1.73 bits per heavy atom. The molecule has 0 aliphatic carbocycles. The van der Waals surface area contributed by atoms with Gasteiger partial charge in [-0.05, 0) is 49.6 Å². The van der Waals surface area contributed by atoms with Gasteiger partial charge in [-0.2, -0.15) is 0 Å². The Bertz CT molecular complexity index is 1200. The number of carbonyl (C=O) groups is 1. The number of benzene rings is 2. The van der Waals surface area contributed by atoms with Crippen LogP contribution in [0.5, 0.6) is 0 Å². The second-order valence-electron chi connectivity index (χ2n) is 8.40. The second-order valence-corrected chi connectivity index (χ2v) is 9.84. The van der Waals surface area contributed by atoms with Crippen molar-refractivity contribution in [1.29, 1.82) is 0 Å². The summed E-state index contributed by atoms with van der Waals surface area (Å²) in [6.45, 7) is 4.02. The zero-order chi connectivity index (χ0) is 22.9. The zero-order valence-electron chi connectivity index (χ0n) is 18.1. The van der Waals surface area contributed by atoms with E-state index in [-0.39, 0.29) is 16.5 Å². The van der Waals surface area contributed by atoms with Crippen LogP contribution in [-0.4, -0.2) is 60.0 Å². The van der Waals surface area contributed by atoms with Gasteiger partial charge in [-0.15, -0.1) is 0 Å². The summed E-state index contributed by atoms with van der Waals surface area (Å²) in [6, 6.07) is 10.6. The molecule has 172 valence electrons. The smallest absolute Gasteiger partial charge is 0.293 e. The van der Waals surface area contributed by atoms with Gasteiger partial charge in [0.25, 0.3) is 11.6 Å². The maximum atomic E-state index is 13.1. The van der Waals surface area contributed by atoms with Crippen molar-refractivity contribution in [2.45, 2.75) is 19.3 Å². The molecule has 8 nitrogen and oxygen atoms in total. The molecule has 1 amide bonds. The largest absolute Gasteiger partial charge is 0.366 e. The monoisotopic (exact) mass is 485 g/mol. The van der Waals surface area contributed by atoms with Crippen LogP contribution >= 0.6 is 22.9 Å². The number of nitrogens with zero attached hydrogens (tertiary/aromatic N) is 5. The number of nitro benzene ring substituents is 1. The molecule has 3 aromatic rings. The molecule has 2 saturated heterocycles. The summed E-state index contributed by atoms with van der Waals surface area (Å²) in [5.41, 5.74) is 1.90. The fourth-order valence-electron chi connectivity index (χ4n) is 4.51. The number of anilines is 2. The Balaban J connectivity index is 1.29. The van der Waals surface area contributed by atoms with Crippen LogP contribution in [0.25, 0.3) is 10.2 Å². The van der Waals surface area contributed by atoms with E-state index in [0.717, 1.165) is 47.7 Å². The predicted octanol–water partition coefficient (Wildman–Crippen LogP) is 4.81. The molecule has 5 rings (SSSR count). The van der Waals surface area contributed by atoms with Crippen molar-refractivity contribution < 1.29 is 9.72 Å². The summed E-state index contributed by atoms with van der Waals surface area (Å²) in [7, 11) is 0. The van der Waals surface area contributed by atoms with E-state index in [2.05, 4.69) is 9.80 Å². The van der Waals surface area contributed by atoms with Crippen LogP contribution in [0.1, 0.15) is 29.6 Å². The van der Waals surface area contributed by atoms with E-state index in [1.54, 1.807) is 28.4 Å². The third-order valence-electron chi connectivity index (χ3n) is 6.29. The van der Waals surface area contributed by atoms with Gasteiger partial charge >= 0.3 is 0 Å². The van der Waals surface area contributed by atoms with E-state index < -0.39 is 0 Å². The molecule has 33 heavy (non-hydrogen) atoms. The Morgan fingerprint density at radius 3 is 2.45 bits per heavy atom. The Morgan fingerprint density at radius 1 is 0.970 bits per heavy atom. The van der Waals surface area contributed by atoms with E-state index >= 15 is 0 Å². The van der Waals surface area contributed by atoms with Crippen LogP contribution in [0, 0.1) is 10.1 Å². The standard InChI is InChI=1S/C23H24ClN5O3S/c24-17-5-6-18-21(15-17)33-23(25-18)28-12-10-27(11-13-28)22(30)16-4-7-19(20(14-16)29(31)32)26-8-2-1-3-9-26/h4-7,14-15H,1-3,8-13H2. The predicted molar refractivity (Wildman–Crippen MR) is 132 cm³/mol. The highest BCUT2D eigenvalue weighted by Gasteiger charge is 2.27. The first kappa shape index (κ1) is 21.9. The average molecular weight is 486 g/mol. The molecule has 0 spiro atoms. The Kier molecular flexibility index (Phi) is 6.07. The first-order valence-corrected chi connectivity index (χ1v) is 12.3. The summed E-state index contributed by atoms with van der Waals surface area (Å²) >= 11 is 7.68. The van der Waals surface area contributed by atoms with Crippen LogP contribution in [0.4, 0.5) is 16.5 Å². The van der Waals surface area contributed by atoms with E-state index in [9.17, 15) is 14.9 Å². The lowest BCUT2D eigenvalue weighted by Gasteiger charge is -2.34. The molecule has 2 fully saturated rings. The van der Waals surface area contributed by atoms with Crippen molar-refractivity contribution in [1.82, 2.24) is 9.88 Å². The van der Waals surface area contributed by atoms with Gasteiger partial charge in [0.2, 0.25) is 0 Å². The maximum absolute atomic E-state index is 13.1. The molecule has 10 heteroatoms. The van der Waals surface area contributed by atoms with E-state index in [0.29, 0.717) is 42.5 Å². The summed E-state index contributed by atoms with van der Waals surface area (Å²) in [5.74, 6) is -0.168. The normalized spacial score (nSPS) is 16.9. The van der Waals surface area contributed by atoms with Crippen LogP contribution in [0.15, 0.2) is 36.4 Å². The minimum Gasteiger partial charge on any atom is -0.366 e. The van der Waals surface area contributed by atoms with E-state index in [1.807, 2.05) is 18.2 Å². The van der Waals surface area contributed by atoms with Gasteiger partial charge in [0.15, 0.2) is 5.13 Å². The third-order valence-corrected chi connectivity index (χ3v) is 7.61. The molecule has 0 saturated carbocycles. The fraction of sp³-hybridized carbons (Fsp3) is 0.391. The number of carbonyl (C=O) groups excluding carboxylic acids is 1. The maximum Gasteiger partial charge on any atom is 0.293 e. The fourth-order valence-corrected chi connectivity index (χ4v) is 5.80. The number of rotatable bonds is 4. The molecule has 0 radical (unpaired) electrons. The summed E-state index contributed by atoms with van der Waals surface area (Å²) in [6.07, 6.45) is 3.21. The van der Waals surface area contributed by atoms with Crippen molar-refractivity contribution >= 4 is 55.6 Å². The molecular weight excluding hydrogens is 462 g/mol. The van der Waals surface area contributed by atoms with Gasteiger partial charge in [0.05, 0.1) is 15.1 Å². The van der Waals surface area contributed by atoms with Crippen molar-refractivity contribution in [3.8, 4) is 0 Å². The van der Waals surface area contributed by atoms with E-state index in [1.165, 1.54) is 6.07 Å². The topological polar surface area (TPSA) is 82.8 Å². The third kappa shape index (κ3) is 4.47. The lowest BCUT2D eigenvalue weighted by Crippen LogP contribution is -2.48. The number of amides is 1. The first-order chi connectivity index (χ1) is 16.0. The van der Waals surface area contributed by atoms with Crippen molar-refractivity contribution in [2.75, 3.05) is 49.1 Å². The summed E-state index contributed by atoms with van der Waals surface area (Å²) < 4.78 is 1.04. The molecule has 0 N–H and O–H groups in total. The van der Waals surface area contributed by atoms with Crippen molar-refractivity contribution in [2.24, 2.45) is 0 Å². The SMILES string of the molecule is O=C(c1ccc(N2CCCCC2)c([N+](=O)[O-])c1)N1CCN(c2nc3ccc(Cl)cc3s2)CC1. The number of nitro groups is 1. The highest BCUT2D eigenvalue weighted by molar-refractivity contribution is 7.22. The van der Waals surface area contributed by atoms with Gasteiger partial charge in [-0.3, -0.25) is 14.9 Å². The number of thiazole rings is 1. The molecule has 2 aliphatic heterocycles. The number of halogens is 1. The highest BCUT2D eigenvalue weighted by Crippen LogP contribution is 2.33. The van der Waals surface area contributed by atoms with Crippen LogP contribution in [0.3, 0.4) is 0 Å². The highest BCUT2D eigenvalue weighted by atomic mass is 35.5. The zero-order valence-corrected chi connectivity index (χ0v) is 19.6. The molecule has 2 aromatic carbocycles. The lowest BCUT2D eigenvalue weighted by molar-refractivity contribution is -0.384. The minimum atomic E-state index is -0.377. The Labute approximate surface area is 200 Å². The quantitative estimate of drug-likeness (QED) is 0.389. The number of hydrogen-bond donors (Lipinski definition) is 0. The average Bonchev–Trinajstić information content (AvgIpc) is 3.27. The van der Waals surface area contributed by atoms with Crippen LogP contribution < -0.4 is 9.80 Å². The molecule has 0 unspecified atom stereocenters. The van der Waals surface area contributed by atoms with Crippen LogP contribution in [-0.2, 0) is 0 Å². The van der Waals surface area contributed by atoms with Gasteiger partial charge < -0.3 is 14.7 Å². The van der Waals surface area contributed by atoms with Gasteiger partial charge in [0.1, 0.15) is 5.69 Å². The van der Waals surface area contributed by atoms with Crippen molar-refractivity contribution in [3.05, 3.63) is 57.1 Å². The molecule has 1 aromatic heterocycles. The minimum absolute atomic E-state index is 0.00882. The van der Waals surface area contributed by atoms with Crippen molar-refractivity contribution in [3.63, 3.8) is 0 Å². The molecule has 0 bridgehead atoms. The molecule has 3 heterocycles. The van der Waals surface area contributed by atoms with Gasteiger partial charge in [-0.1, -0.05) is 22.9 Å². The second kappa shape index (κ2) is 9.15. The summed E-state index contributed by atoms with van der Waals surface area (Å²) in [5, 5.41) is 13.3. The van der Waals surface area contributed by atoms with Gasteiger partial charge in [0, 0.05) is 55.9 Å². The molecular formula is C23H24ClN5O3S. The molecule has 0 atom stereocenters. The number of hydrogen-bond acceptors (Lipinski definition) is 7. The first-order valence-electron chi connectivity index (χ1n) is 11.1. The Hall–Kier alpha value is -2.91. The molecule has 2 aliphatic rings. The van der Waals surface area contributed by atoms with Crippen LogP contribution in [0.2, 0.25) is 5.02 Å². The number of fused-ring (bicyclic) bond motifs is 1. The lowest BCUT2D eigenvalue weighted by atomic mass is 10.1. The van der Waals surface area contributed by atoms with Gasteiger partial charge in [-0.25, -0.2) is 4.98 Å². The summed E-state index contributed by atoms with van der Waals surface area (Å²) in [4.78, 5) is 35.2. The number of piperazine rings is 1. The van der Waals surface area contributed by atoms with E-state index in [4.69, 9.17) is 16.6 Å². The number of aromatic nitrogens is 1. The number of piperidine rings is 1.